The highest BCUT2D eigenvalue weighted by Gasteiger charge is 1.93. The molecule has 0 heterocycles. The molecule has 0 fully saturated rings. The molecule has 0 amide bonds. The van der Waals surface area contributed by atoms with Crippen molar-refractivity contribution in [3.63, 3.8) is 0 Å². The molecule has 0 saturated carbocycles. The fourth-order valence-electron chi connectivity index (χ4n) is 0.974. The van der Waals surface area contributed by atoms with Crippen molar-refractivity contribution in [3.8, 4) is 0 Å². The van der Waals surface area contributed by atoms with Crippen LogP contribution in [-0.2, 0) is 4.79 Å². The summed E-state index contributed by atoms with van der Waals surface area (Å²) in [5.41, 5.74) is 0. The van der Waals surface area contributed by atoms with E-state index >= 15 is 0 Å². The average molecular weight is 186 g/mol. The van der Waals surface area contributed by atoms with Crippen LogP contribution in [0, 0.1) is 0 Å². The van der Waals surface area contributed by atoms with Crippen LogP contribution in [0.15, 0.2) is 12.2 Å². The number of rotatable bonds is 7. The molecule has 0 aliphatic heterocycles. The number of allylic oxidation sites excluding steroid dienone is 2. The van der Waals surface area contributed by atoms with Crippen LogP contribution in [0.25, 0.3) is 0 Å². The number of aliphatic hydroxyl groups is 1. The van der Waals surface area contributed by atoms with Crippen molar-refractivity contribution >= 4 is 5.97 Å². The third-order valence-electron chi connectivity index (χ3n) is 1.68. The Hall–Kier alpha value is -0.830. The maximum absolute atomic E-state index is 10.1. The number of unbranched alkanes of at least 4 members (excludes halogenated alkanes) is 1. The van der Waals surface area contributed by atoms with Crippen LogP contribution in [0.1, 0.15) is 39.0 Å². The second kappa shape index (κ2) is 7.80. The van der Waals surface area contributed by atoms with Crippen LogP contribution in [0.5, 0.6) is 0 Å². The van der Waals surface area contributed by atoms with E-state index in [1.165, 1.54) is 0 Å². The molecule has 0 spiro atoms. The molecule has 3 nitrogen and oxygen atoms in total. The van der Waals surface area contributed by atoms with E-state index in [4.69, 9.17) is 10.2 Å². The zero-order chi connectivity index (χ0) is 10.1. The first kappa shape index (κ1) is 12.2. The summed E-state index contributed by atoms with van der Waals surface area (Å²) in [5.74, 6) is -0.756. The van der Waals surface area contributed by atoms with E-state index < -0.39 is 5.97 Å². The summed E-state index contributed by atoms with van der Waals surface area (Å²) in [6, 6.07) is 0. The first-order valence-electron chi connectivity index (χ1n) is 4.67. The minimum Gasteiger partial charge on any atom is -0.481 e. The van der Waals surface area contributed by atoms with Gasteiger partial charge in [0.2, 0.25) is 0 Å². The predicted octanol–water partition coefficient (Wildman–Crippen LogP) is 1.96. The lowest BCUT2D eigenvalue weighted by Gasteiger charge is -1.99. The van der Waals surface area contributed by atoms with Gasteiger partial charge in [0.05, 0.1) is 6.10 Å². The van der Waals surface area contributed by atoms with E-state index in [2.05, 4.69) is 0 Å². The standard InChI is InChI=1S/C10H18O3/c1-9(11)7-5-3-2-4-6-8-10(12)13/h2,4,9,11H,3,5-8H2,1H3,(H,12,13)/b4-2-/t9-/m0/s1. The molecule has 3 heteroatoms. The molecule has 0 unspecified atom stereocenters. The molecular formula is C10H18O3. The Labute approximate surface area is 79.1 Å². The Morgan fingerprint density at radius 2 is 2.00 bits per heavy atom. The summed E-state index contributed by atoms with van der Waals surface area (Å²) in [5, 5.41) is 17.2. The number of hydrogen-bond donors (Lipinski definition) is 2. The van der Waals surface area contributed by atoms with Gasteiger partial charge in [0, 0.05) is 6.42 Å². The highest BCUT2D eigenvalue weighted by Crippen LogP contribution is 2.01. The lowest BCUT2D eigenvalue weighted by atomic mass is 10.1. The zero-order valence-corrected chi connectivity index (χ0v) is 8.07. The van der Waals surface area contributed by atoms with E-state index in [0.29, 0.717) is 6.42 Å². The Morgan fingerprint density at radius 3 is 2.54 bits per heavy atom. The topological polar surface area (TPSA) is 57.5 Å². The van der Waals surface area contributed by atoms with E-state index in [1.807, 2.05) is 12.2 Å². The van der Waals surface area contributed by atoms with Crippen molar-refractivity contribution in [2.45, 2.75) is 45.1 Å². The number of hydrogen-bond acceptors (Lipinski definition) is 2. The van der Waals surface area contributed by atoms with Gasteiger partial charge in [-0.1, -0.05) is 12.2 Å². The largest absolute Gasteiger partial charge is 0.481 e. The van der Waals surface area contributed by atoms with Gasteiger partial charge in [0.1, 0.15) is 0 Å². The summed E-state index contributed by atoms with van der Waals surface area (Å²) < 4.78 is 0. The van der Waals surface area contributed by atoms with Gasteiger partial charge in [-0.2, -0.15) is 0 Å². The summed E-state index contributed by atoms with van der Waals surface area (Å²) in [6.45, 7) is 1.77. The molecule has 0 aliphatic rings. The summed E-state index contributed by atoms with van der Waals surface area (Å²) in [7, 11) is 0. The van der Waals surface area contributed by atoms with Crippen LogP contribution in [0.4, 0.5) is 0 Å². The molecule has 76 valence electrons. The summed E-state index contributed by atoms with van der Waals surface area (Å²) in [6.07, 6.45) is 7.13. The normalized spacial score (nSPS) is 13.4. The van der Waals surface area contributed by atoms with Gasteiger partial charge in [0.15, 0.2) is 0 Å². The van der Waals surface area contributed by atoms with Crippen LogP contribution in [0.3, 0.4) is 0 Å². The van der Waals surface area contributed by atoms with Crippen molar-refractivity contribution in [2.75, 3.05) is 0 Å². The van der Waals surface area contributed by atoms with Crippen molar-refractivity contribution < 1.29 is 15.0 Å². The zero-order valence-electron chi connectivity index (χ0n) is 8.07. The van der Waals surface area contributed by atoms with E-state index in [0.717, 1.165) is 19.3 Å². The second-order valence-electron chi connectivity index (χ2n) is 3.18. The first-order chi connectivity index (χ1) is 6.13. The number of aliphatic hydroxyl groups excluding tert-OH is 1. The van der Waals surface area contributed by atoms with Gasteiger partial charge < -0.3 is 10.2 Å². The SMILES string of the molecule is C[C@H](O)CCC/C=C\CCC(=O)O. The number of carboxylic acid groups (broad SMARTS) is 1. The molecule has 0 saturated heterocycles. The van der Waals surface area contributed by atoms with E-state index in [1.54, 1.807) is 6.92 Å². The first-order valence-corrected chi connectivity index (χ1v) is 4.67. The minimum atomic E-state index is -0.756. The molecule has 0 aromatic heterocycles. The smallest absolute Gasteiger partial charge is 0.303 e. The number of carboxylic acids is 1. The van der Waals surface area contributed by atoms with Gasteiger partial charge in [-0.25, -0.2) is 0 Å². The molecule has 0 aliphatic carbocycles. The van der Waals surface area contributed by atoms with Crippen LogP contribution in [-0.4, -0.2) is 22.3 Å². The maximum Gasteiger partial charge on any atom is 0.303 e. The Morgan fingerprint density at radius 1 is 1.38 bits per heavy atom. The van der Waals surface area contributed by atoms with E-state index in [-0.39, 0.29) is 12.5 Å². The monoisotopic (exact) mass is 186 g/mol. The average Bonchev–Trinajstić information content (AvgIpc) is 2.01. The van der Waals surface area contributed by atoms with Crippen molar-refractivity contribution in [2.24, 2.45) is 0 Å². The van der Waals surface area contributed by atoms with Gasteiger partial charge in [0.25, 0.3) is 0 Å². The predicted molar refractivity (Wildman–Crippen MR) is 51.5 cm³/mol. The third kappa shape index (κ3) is 11.2. The Kier molecular flexibility index (Phi) is 7.30. The fourth-order valence-corrected chi connectivity index (χ4v) is 0.974. The Bertz CT molecular complexity index is 162. The highest BCUT2D eigenvalue weighted by molar-refractivity contribution is 5.66. The lowest BCUT2D eigenvalue weighted by molar-refractivity contribution is -0.136. The quantitative estimate of drug-likeness (QED) is 0.472. The van der Waals surface area contributed by atoms with Crippen LogP contribution >= 0.6 is 0 Å². The molecule has 0 bridgehead atoms. The molecule has 1 atom stereocenters. The van der Waals surface area contributed by atoms with E-state index in [9.17, 15) is 4.79 Å². The summed E-state index contributed by atoms with van der Waals surface area (Å²) in [4.78, 5) is 10.1. The number of aliphatic carboxylic acids is 1. The van der Waals surface area contributed by atoms with Gasteiger partial charge >= 0.3 is 5.97 Å². The lowest BCUT2D eigenvalue weighted by Crippen LogP contribution is -1.97. The molecule has 0 aromatic carbocycles. The van der Waals surface area contributed by atoms with Crippen molar-refractivity contribution in [3.05, 3.63) is 12.2 Å². The van der Waals surface area contributed by atoms with Crippen molar-refractivity contribution in [1.29, 1.82) is 0 Å². The molecule has 0 rings (SSSR count). The van der Waals surface area contributed by atoms with Crippen LogP contribution < -0.4 is 0 Å². The number of carbonyl (C=O) groups is 1. The van der Waals surface area contributed by atoms with Gasteiger partial charge in [-0.3, -0.25) is 4.79 Å². The Balaban J connectivity index is 3.17. The highest BCUT2D eigenvalue weighted by atomic mass is 16.4. The van der Waals surface area contributed by atoms with Gasteiger partial charge in [-0.15, -0.1) is 0 Å². The molecule has 13 heavy (non-hydrogen) atoms. The molecule has 2 N–H and O–H groups in total. The molecular weight excluding hydrogens is 168 g/mol. The third-order valence-corrected chi connectivity index (χ3v) is 1.68. The summed E-state index contributed by atoms with van der Waals surface area (Å²) >= 11 is 0. The minimum absolute atomic E-state index is 0.201. The van der Waals surface area contributed by atoms with Crippen molar-refractivity contribution in [1.82, 2.24) is 0 Å². The fraction of sp³-hybridized carbons (Fsp3) is 0.700. The second-order valence-corrected chi connectivity index (χ2v) is 3.18. The molecule has 0 radical (unpaired) electrons. The maximum atomic E-state index is 10.1. The van der Waals surface area contributed by atoms with Crippen LogP contribution in [0.2, 0.25) is 0 Å². The van der Waals surface area contributed by atoms with Gasteiger partial charge in [-0.05, 0) is 32.6 Å². The molecule has 0 aromatic rings.